The lowest BCUT2D eigenvalue weighted by molar-refractivity contribution is 0.0904. The number of carbonyl (C=O) groups excluding carboxylic acids is 1. The molecule has 29 heavy (non-hydrogen) atoms. The van der Waals surface area contributed by atoms with Gasteiger partial charge in [0.05, 0.1) is 16.3 Å². The molecule has 0 spiro atoms. The predicted molar refractivity (Wildman–Crippen MR) is 115 cm³/mol. The van der Waals surface area contributed by atoms with Crippen molar-refractivity contribution in [1.82, 2.24) is 19.6 Å². The summed E-state index contributed by atoms with van der Waals surface area (Å²) in [6.07, 6.45) is 6.12. The van der Waals surface area contributed by atoms with Crippen LogP contribution in [0, 0.1) is 12.8 Å². The molecular formula is C22H24ClN5O. The number of likely N-dealkylation sites (tertiary alicyclic amines) is 1. The second kappa shape index (κ2) is 7.04. The number of benzene rings is 1. The van der Waals surface area contributed by atoms with Crippen molar-refractivity contribution >= 4 is 28.8 Å². The van der Waals surface area contributed by atoms with Crippen molar-refractivity contribution in [3.63, 3.8) is 0 Å². The number of rotatable bonds is 2. The van der Waals surface area contributed by atoms with Crippen LogP contribution in [0.15, 0.2) is 36.7 Å². The van der Waals surface area contributed by atoms with Gasteiger partial charge in [-0.15, -0.1) is 0 Å². The van der Waals surface area contributed by atoms with Crippen molar-refractivity contribution < 1.29 is 4.79 Å². The number of aryl methyl sites for hydroxylation is 1. The van der Waals surface area contributed by atoms with E-state index in [2.05, 4.69) is 27.6 Å². The summed E-state index contributed by atoms with van der Waals surface area (Å²) in [7, 11) is 2.15. The zero-order valence-corrected chi connectivity index (χ0v) is 17.3. The average Bonchev–Trinajstić information content (AvgIpc) is 3.09. The van der Waals surface area contributed by atoms with Crippen molar-refractivity contribution in [3.8, 4) is 11.1 Å². The van der Waals surface area contributed by atoms with Crippen molar-refractivity contribution in [2.45, 2.75) is 25.9 Å². The number of piperidine rings is 1. The number of nitrogens with zero attached hydrogens (tertiary/aromatic N) is 3. The van der Waals surface area contributed by atoms with E-state index >= 15 is 0 Å². The first-order valence-corrected chi connectivity index (χ1v) is 10.4. The van der Waals surface area contributed by atoms with Crippen molar-refractivity contribution in [1.29, 1.82) is 0 Å². The van der Waals surface area contributed by atoms with Gasteiger partial charge in [-0.25, -0.2) is 4.98 Å². The summed E-state index contributed by atoms with van der Waals surface area (Å²) in [4.78, 5) is 19.6. The fourth-order valence-corrected chi connectivity index (χ4v) is 4.65. The van der Waals surface area contributed by atoms with Gasteiger partial charge in [-0.2, -0.15) is 0 Å². The molecular weight excluding hydrogens is 386 g/mol. The van der Waals surface area contributed by atoms with Gasteiger partial charge in [-0.05, 0) is 69.2 Å². The van der Waals surface area contributed by atoms with E-state index in [0.717, 1.165) is 54.1 Å². The van der Waals surface area contributed by atoms with Crippen LogP contribution in [0.3, 0.4) is 0 Å². The van der Waals surface area contributed by atoms with Crippen LogP contribution >= 0.6 is 11.6 Å². The van der Waals surface area contributed by atoms with E-state index in [1.807, 2.05) is 48.0 Å². The molecule has 2 aromatic heterocycles. The minimum absolute atomic E-state index is 0.00531. The molecule has 0 bridgehead atoms. The van der Waals surface area contributed by atoms with Crippen LogP contribution in [-0.2, 0) is 0 Å². The number of carbonyl (C=O) groups is 1. The molecule has 1 atom stereocenters. The van der Waals surface area contributed by atoms with Gasteiger partial charge in [0.2, 0.25) is 0 Å². The van der Waals surface area contributed by atoms with Crippen LogP contribution in [0.5, 0.6) is 0 Å². The highest BCUT2D eigenvalue weighted by atomic mass is 35.5. The van der Waals surface area contributed by atoms with Crippen molar-refractivity contribution in [2.24, 2.45) is 5.92 Å². The monoisotopic (exact) mass is 409 g/mol. The number of nitrogens with one attached hydrogen (secondary N) is 2. The van der Waals surface area contributed by atoms with Gasteiger partial charge in [-0.1, -0.05) is 17.7 Å². The van der Waals surface area contributed by atoms with Gasteiger partial charge in [0, 0.05) is 24.0 Å². The maximum Gasteiger partial charge on any atom is 0.254 e. The van der Waals surface area contributed by atoms with E-state index < -0.39 is 0 Å². The Balaban J connectivity index is 1.45. The van der Waals surface area contributed by atoms with Gasteiger partial charge < -0.3 is 19.9 Å². The Kier molecular flexibility index (Phi) is 4.48. The molecule has 0 aliphatic carbocycles. The van der Waals surface area contributed by atoms with Crippen molar-refractivity contribution in [2.75, 3.05) is 25.5 Å². The standard InChI is InChI=1S/C22H24ClN5O/c1-13-11-28-12-16(10-18(23)21(28)24-13)15-3-4-19-17(9-15)22(29)26-20(25-19)14-5-7-27(2)8-6-14/h3-4,9-12,14,20,25H,5-8H2,1-2H3,(H,26,29). The van der Waals surface area contributed by atoms with Crippen LogP contribution in [-0.4, -0.2) is 46.5 Å². The Morgan fingerprint density at radius 1 is 1.10 bits per heavy atom. The SMILES string of the molecule is Cc1cn2cc(-c3ccc4c(c3)C(=O)NC(C3CCN(C)CC3)N4)cc(Cl)c2n1. The number of anilines is 1. The number of aromatic nitrogens is 2. The number of hydrogen-bond acceptors (Lipinski definition) is 4. The summed E-state index contributed by atoms with van der Waals surface area (Å²) in [6.45, 7) is 4.08. The second-order valence-corrected chi connectivity index (χ2v) is 8.59. The number of imidazole rings is 1. The highest BCUT2D eigenvalue weighted by Crippen LogP contribution is 2.32. The number of pyridine rings is 1. The number of fused-ring (bicyclic) bond motifs is 2. The van der Waals surface area contributed by atoms with Crippen LogP contribution in [0.25, 0.3) is 16.8 Å². The van der Waals surface area contributed by atoms with Crippen molar-refractivity contribution in [3.05, 3.63) is 52.9 Å². The smallest absolute Gasteiger partial charge is 0.254 e. The summed E-state index contributed by atoms with van der Waals surface area (Å²) in [5.74, 6) is 0.434. The molecule has 3 aromatic rings. The zero-order chi connectivity index (χ0) is 20.1. The molecule has 1 fully saturated rings. The molecule has 0 radical (unpaired) electrons. The van der Waals surface area contributed by atoms with Crippen LogP contribution in [0.4, 0.5) is 5.69 Å². The first-order valence-electron chi connectivity index (χ1n) is 10.0. The average molecular weight is 410 g/mol. The third kappa shape index (κ3) is 3.36. The normalized spacial score (nSPS) is 20.4. The van der Waals surface area contributed by atoms with Gasteiger partial charge in [0.15, 0.2) is 5.65 Å². The zero-order valence-electron chi connectivity index (χ0n) is 16.6. The number of halogens is 1. The summed E-state index contributed by atoms with van der Waals surface area (Å²) in [5.41, 5.74) is 5.13. The lowest BCUT2D eigenvalue weighted by Gasteiger charge is -2.38. The fourth-order valence-electron chi connectivity index (χ4n) is 4.40. The highest BCUT2D eigenvalue weighted by molar-refractivity contribution is 6.33. The van der Waals surface area contributed by atoms with E-state index in [4.69, 9.17) is 11.6 Å². The lowest BCUT2D eigenvalue weighted by atomic mass is 9.91. The van der Waals surface area contributed by atoms with E-state index in [1.54, 1.807) is 0 Å². The first kappa shape index (κ1) is 18.5. The minimum Gasteiger partial charge on any atom is -0.364 e. The Bertz CT molecular complexity index is 1100. The number of hydrogen-bond donors (Lipinski definition) is 2. The molecule has 1 unspecified atom stereocenters. The molecule has 150 valence electrons. The third-order valence-corrected chi connectivity index (χ3v) is 6.33. The molecule has 7 heteroatoms. The van der Waals surface area contributed by atoms with Gasteiger partial charge in [0.1, 0.15) is 6.17 Å². The highest BCUT2D eigenvalue weighted by Gasteiger charge is 2.31. The van der Waals surface area contributed by atoms with Crippen LogP contribution < -0.4 is 10.6 Å². The Hall–Kier alpha value is -2.57. The van der Waals surface area contributed by atoms with E-state index in [1.165, 1.54) is 0 Å². The summed E-state index contributed by atoms with van der Waals surface area (Å²) in [6, 6.07) is 7.88. The quantitative estimate of drug-likeness (QED) is 0.676. The summed E-state index contributed by atoms with van der Waals surface area (Å²) >= 11 is 6.43. The van der Waals surface area contributed by atoms with Crippen LogP contribution in [0.1, 0.15) is 28.9 Å². The third-order valence-electron chi connectivity index (χ3n) is 6.06. The maximum absolute atomic E-state index is 12.9. The Morgan fingerprint density at radius 2 is 1.90 bits per heavy atom. The molecule has 1 amide bonds. The molecule has 5 rings (SSSR count). The molecule has 0 saturated carbocycles. The minimum atomic E-state index is -0.0184. The van der Waals surface area contributed by atoms with E-state index in [9.17, 15) is 4.79 Å². The molecule has 6 nitrogen and oxygen atoms in total. The molecule has 1 aromatic carbocycles. The molecule has 2 N–H and O–H groups in total. The second-order valence-electron chi connectivity index (χ2n) is 8.19. The number of amides is 1. The van der Waals surface area contributed by atoms with Gasteiger partial charge >= 0.3 is 0 Å². The molecule has 4 heterocycles. The molecule has 2 aliphatic rings. The Labute approximate surface area is 174 Å². The van der Waals surface area contributed by atoms with E-state index in [-0.39, 0.29) is 12.1 Å². The summed E-state index contributed by atoms with van der Waals surface area (Å²) < 4.78 is 1.93. The topological polar surface area (TPSA) is 61.7 Å². The first-order chi connectivity index (χ1) is 14.0. The van der Waals surface area contributed by atoms with E-state index in [0.29, 0.717) is 16.5 Å². The largest absolute Gasteiger partial charge is 0.364 e. The Morgan fingerprint density at radius 3 is 2.69 bits per heavy atom. The molecule has 1 saturated heterocycles. The fraction of sp³-hybridized carbons (Fsp3) is 0.364. The maximum atomic E-state index is 12.9. The summed E-state index contributed by atoms with van der Waals surface area (Å²) in [5, 5.41) is 7.31. The lowest BCUT2D eigenvalue weighted by Crippen LogP contribution is -2.51. The van der Waals surface area contributed by atoms with Gasteiger partial charge in [0.25, 0.3) is 5.91 Å². The van der Waals surface area contributed by atoms with Crippen LogP contribution in [0.2, 0.25) is 5.02 Å². The van der Waals surface area contributed by atoms with Gasteiger partial charge in [-0.3, -0.25) is 4.79 Å². The molecule has 2 aliphatic heterocycles. The predicted octanol–water partition coefficient (Wildman–Crippen LogP) is 3.79.